The van der Waals surface area contributed by atoms with Crippen LogP contribution in [0.15, 0.2) is 36.8 Å². The standard InChI is InChI=1S/C32H43N5O6/c1-32(2)42-28-21(17-33-22-12-19(13-22)6-9-27(38)41-5)14-25(29(28)43-32)37-11-10-24-30(35-18-36-31(24)37)34-16-20-7-8-23(39-3)15-26(20)40-4/h7-8,10-11,15,18-19,21-22,25,28-29,33H,6,9,12-14,16-17H2,1-5H3,(H,34,35,36)/t19-,21-,22-,25-,28-,29+/m1/s1. The van der Waals surface area contributed by atoms with Gasteiger partial charge < -0.3 is 38.9 Å². The second kappa shape index (κ2) is 12.3. The maximum Gasteiger partial charge on any atom is 0.305 e. The minimum Gasteiger partial charge on any atom is -0.497 e. The third kappa shape index (κ3) is 6.16. The third-order valence-electron chi connectivity index (χ3n) is 9.25. The van der Waals surface area contributed by atoms with E-state index in [0.29, 0.717) is 30.8 Å². The number of hydrogen-bond acceptors (Lipinski definition) is 10. The second-order valence-corrected chi connectivity index (χ2v) is 12.4. The molecule has 43 heavy (non-hydrogen) atoms. The van der Waals surface area contributed by atoms with E-state index in [4.69, 9.17) is 28.7 Å². The molecule has 0 amide bonds. The molecule has 6 rings (SSSR count). The average Bonchev–Trinajstić information content (AvgIpc) is 3.65. The lowest BCUT2D eigenvalue weighted by molar-refractivity contribution is -0.160. The van der Waals surface area contributed by atoms with E-state index in [1.54, 1.807) is 20.5 Å². The summed E-state index contributed by atoms with van der Waals surface area (Å²) in [7, 11) is 4.75. The van der Waals surface area contributed by atoms with E-state index in [0.717, 1.165) is 66.1 Å². The van der Waals surface area contributed by atoms with Crippen LogP contribution in [0.2, 0.25) is 0 Å². The molecule has 2 aliphatic carbocycles. The van der Waals surface area contributed by atoms with Crippen LogP contribution in [-0.2, 0) is 25.5 Å². The molecule has 2 saturated carbocycles. The summed E-state index contributed by atoms with van der Waals surface area (Å²) in [5, 5.41) is 8.21. The zero-order chi connectivity index (χ0) is 30.1. The fourth-order valence-electron chi connectivity index (χ4n) is 6.97. The van der Waals surface area contributed by atoms with Crippen LogP contribution >= 0.6 is 0 Å². The van der Waals surface area contributed by atoms with Crippen molar-refractivity contribution in [3.8, 4) is 11.5 Å². The zero-order valence-corrected chi connectivity index (χ0v) is 25.7. The Morgan fingerprint density at radius 3 is 2.65 bits per heavy atom. The number of fused-ring (bicyclic) bond motifs is 2. The van der Waals surface area contributed by atoms with Crippen molar-refractivity contribution in [2.24, 2.45) is 11.8 Å². The van der Waals surface area contributed by atoms with Gasteiger partial charge in [0.1, 0.15) is 35.4 Å². The molecule has 0 bridgehead atoms. The van der Waals surface area contributed by atoms with Gasteiger partial charge in [0, 0.05) is 49.3 Å². The molecule has 3 aliphatic rings. The maximum atomic E-state index is 11.5. The number of aromatic nitrogens is 3. The van der Waals surface area contributed by atoms with Gasteiger partial charge in [-0.3, -0.25) is 4.79 Å². The van der Waals surface area contributed by atoms with Crippen molar-refractivity contribution in [1.29, 1.82) is 0 Å². The van der Waals surface area contributed by atoms with E-state index >= 15 is 0 Å². The summed E-state index contributed by atoms with van der Waals surface area (Å²) in [6, 6.07) is 8.44. The van der Waals surface area contributed by atoms with E-state index < -0.39 is 5.79 Å². The number of rotatable bonds is 12. The number of benzene rings is 1. The number of esters is 1. The van der Waals surface area contributed by atoms with E-state index in [1.165, 1.54) is 7.11 Å². The largest absolute Gasteiger partial charge is 0.497 e. The van der Waals surface area contributed by atoms with Crippen molar-refractivity contribution in [2.45, 2.75) is 82.6 Å². The molecule has 3 aromatic rings. The molecular formula is C32H43N5O6. The van der Waals surface area contributed by atoms with Gasteiger partial charge in [0.25, 0.3) is 0 Å². The van der Waals surface area contributed by atoms with Gasteiger partial charge in [-0.05, 0) is 63.6 Å². The van der Waals surface area contributed by atoms with Gasteiger partial charge in [0.05, 0.1) is 38.9 Å². The van der Waals surface area contributed by atoms with E-state index in [2.05, 4.69) is 32.4 Å². The number of carbonyl (C=O) groups excluding carboxylic acids is 1. The van der Waals surface area contributed by atoms with Crippen molar-refractivity contribution in [3.05, 3.63) is 42.4 Å². The lowest BCUT2D eigenvalue weighted by atomic mass is 9.77. The van der Waals surface area contributed by atoms with Crippen molar-refractivity contribution in [2.75, 3.05) is 33.2 Å². The monoisotopic (exact) mass is 593 g/mol. The zero-order valence-electron chi connectivity index (χ0n) is 25.7. The van der Waals surface area contributed by atoms with Crippen LogP contribution in [0, 0.1) is 11.8 Å². The molecule has 11 nitrogen and oxygen atoms in total. The summed E-state index contributed by atoms with van der Waals surface area (Å²) >= 11 is 0. The highest BCUT2D eigenvalue weighted by Crippen LogP contribution is 2.48. The first-order valence-corrected chi connectivity index (χ1v) is 15.2. The lowest BCUT2D eigenvalue weighted by Gasteiger charge is -2.37. The van der Waals surface area contributed by atoms with Crippen molar-refractivity contribution >= 4 is 22.8 Å². The minimum atomic E-state index is -0.635. The van der Waals surface area contributed by atoms with Gasteiger partial charge in [-0.1, -0.05) is 0 Å². The number of carbonyl (C=O) groups is 1. The van der Waals surface area contributed by atoms with Gasteiger partial charge in [0.2, 0.25) is 0 Å². The van der Waals surface area contributed by atoms with Crippen LogP contribution in [0.1, 0.15) is 57.6 Å². The molecule has 1 aromatic carbocycles. The molecule has 0 radical (unpaired) electrons. The summed E-state index contributed by atoms with van der Waals surface area (Å²) in [4.78, 5) is 20.7. The van der Waals surface area contributed by atoms with Crippen LogP contribution in [-0.4, -0.2) is 72.4 Å². The Morgan fingerprint density at radius 1 is 1.07 bits per heavy atom. The van der Waals surface area contributed by atoms with E-state index in [9.17, 15) is 4.79 Å². The van der Waals surface area contributed by atoms with Gasteiger partial charge in [-0.2, -0.15) is 0 Å². The summed E-state index contributed by atoms with van der Waals surface area (Å²) in [6.07, 6.45) is 8.18. The molecular weight excluding hydrogens is 550 g/mol. The predicted octanol–water partition coefficient (Wildman–Crippen LogP) is 4.46. The number of nitrogens with one attached hydrogen (secondary N) is 2. The first kappa shape index (κ1) is 29.7. The Kier molecular flexibility index (Phi) is 8.48. The number of nitrogens with zero attached hydrogens (tertiary/aromatic N) is 3. The Morgan fingerprint density at radius 2 is 1.88 bits per heavy atom. The smallest absolute Gasteiger partial charge is 0.305 e. The maximum absolute atomic E-state index is 11.5. The van der Waals surface area contributed by atoms with Crippen molar-refractivity contribution < 1.29 is 28.5 Å². The predicted molar refractivity (Wildman–Crippen MR) is 161 cm³/mol. The van der Waals surface area contributed by atoms with Gasteiger partial charge in [-0.25, -0.2) is 9.97 Å². The molecule has 3 fully saturated rings. The Labute approximate surface area is 252 Å². The molecule has 1 saturated heterocycles. The SMILES string of the molecule is COC(=O)CC[C@H]1C[C@H](NC[C@H]2C[C@@H](n3ccc4c(NCc5ccc(OC)cc5OC)ncnc43)[C@@H]3OC(C)(C)O[C@H]23)C1. The Hall–Kier alpha value is -3.41. The summed E-state index contributed by atoms with van der Waals surface area (Å²) < 4.78 is 30.9. The highest BCUT2D eigenvalue weighted by atomic mass is 16.8. The number of anilines is 1. The van der Waals surface area contributed by atoms with E-state index in [1.807, 2.05) is 32.0 Å². The number of hydrogen-bond donors (Lipinski definition) is 2. The molecule has 2 N–H and O–H groups in total. The van der Waals surface area contributed by atoms with Crippen LogP contribution in [0.4, 0.5) is 5.82 Å². The summed E-state index contributed by atoms with van der Waals surface area (Å²) in [5.41, 5.74) is 1.88. The Bertz CT molecular complexity index is 1440. The van der Waals surface area contributed by atoms with Crippen LogP contribution in [0.25, 0.3) is 11.0 Å². The second-order valence-electron chi connectivity index (χ2n) is 12.4. The van der Waals surface area contributed by atoms with Crippen LogP contribution in [0.5, 0.6) is 11.5 Å². The molecule has 1 aliphatic heterocycles. The average molecular weight is 594 g/mol. The van der Waals surface area contributed by atoms with Gasteiger partial charge in [0.15, 0.2) is 5.79 Å². The molecule has 2 aromatic heterocycles. The number of methoxy groups -OCH3 is 3. The fraction of sp³-hybridized carbons (Fsp3) is 0.594. The van der Waals surface area contributed by atoms with Crippen molar-refractivity contribution in [3.63, 3.8) is 0 Å². The third-order valence-corrected chi connectivity index (χ3v) is 9.25. The van der Waals surface area contributed by atoms with Gasteiger partial charge in [-0.15, -0.1) is 0 Å². The molecule has 0 unspecified atom stereocenters. The molecule has 11 heteroatoms. The minimum absolute atomic E-state index is 0.00196. The Balaban J connectivity index is 1.13. The van der Waals surface area contributed by atoms with E-state index in [-0.39, 0.29) is 24.2 Å². The summed E-state index contributed by atoms with van der Waals surface area (Å²) in [5.74, 6) is 2.42. The van der Waals surface area contributed by atoms with Crippen LogP contribution in [0.3, 0.4) is 0 Å². The summed E-state index contributed by atoms with van der Waals surface area (Å²) in [6.45, 7) is 5.41. The molecule has 4 atom stereocenters. The first-order valence-electron chi connectivity index (χ1n) is 15.2. The highest BCUT2D eigenvalue weighted by molar-refractivity contribution is 5.87. The molecule has 0 spiro atoms. The molecule has 3 heterocycles. The fourth-order valence-corrected chi connectivity index (χ4v) is 6.97. The quantitative estimate of drug-likeness (QED) is 0.292. The highest BCUT2D eigenvalue weighted by Gasteiger charge is 2.54. The van der Waals surface area contributed by atoms with Crippen LogP contribution < -0.4 is 20.1 Å². The first-order chi connectivity index (χ1) is 20.8. The lowest BCUT2D eigenvalue weighted by Crippen LogP contribution is -2.44. The molecule has 232 valence electrons. The van der Waals surface area contributed by atoms with Crippen molar-refractivity contribution in [1.82, 2.24) is 19.9 Å². The topological polar surface area (TPSA) is 118 Å². The normalized spacial score (nSPS) is 27.5. The van der Waals surface area contributed by atoms with Gasteiger partial charge >= 0.3 is 5.97 Å². The number of ether oxygens (including phenoxy) is 5.